The normalized spacial score (nSPS) is 15.2. The van der Waals surface area contributed by atoms with Crippen LogP contribution in [0.25, 0.3) is 6.08 Å². The van der Waals surface area contributed by atoms with Crippen LogP contribution in [0.2, 0.25) is 0 Å². The van der Waals surface area contributed by atoms with Crippen molar-refractivity contribution in [3.8, 4) is 0 Å². The van der Waals surface area contributed by atoms with Crippen molar-refractivity contribution in [3.63, 3.8) is 0 Å². The summed E-state index contributed by atoms with van der Waals surface area (Å²) in [4.78, 5) is 51.4. The van der Waals surface area contributed by atoms with Gasteiger partial charge in [0.15, 0.2) is 0 Å². The lowest BCUT2D eigenvalue weighted by molar-refractivity contribution is -0.154. The number of benzene rings is 2. The van der Waals surface area contributed by atoms with Crippen LogP contribution in [0.4, 0.5) is 17.6 Å². The van der Waals surface area contributed by atoms with E-state index < -0.39 is 47.6 Å². The molecule has 12 heteroatoms. The highest BCUT2D eigenvalue weighted by molar-refractivity contribution is 5.94. The Hall–Kier alpha value is -4.22. The van der Waals surface area contributed by atoms with Gasteiger partial charge in [-0.2, -0.15) is 13.2 Å². The van der Waals surface area contributed by atoms with Gasteiger partial charge in [-0.3, -0.25) is 19.2 Å². The van der Waals surface area contributed by atoms with Gasteiger partial charge < -0.3 is 20.3 Å². The van der Waals surface area contributed by atoms with Crippen LogP contribution in [-0.4, -0.2) is 53.8 Å². The van der Waals surface area contributed by atoms with E-state index in [1.807, 2.05) is 12.1 Å². The minimum atomic E-state index is -4.70. The topological polar surface area (TPSA) is 105 Å². The number of hydrogen-bond acceptors (Lipinski definition) is 5. The first-order valence-corrected chi connectivity index (χ1v) is 13.2. The summed E-state index contributed by atoms with van der Waals surface area (Å²) in [6, 6.07) is 6.87. The standard InChI is InChI=1S/C30H33F4N3O5/c1-29(2,3)42-28(41)12-18-5-6-20-17-37(23(13-21(20)11-18)15-26(39)35-4)27(40)16-36-25(38)10-8-19-7-9-22(14-24(19)31)30(32,33)34/h5-11,14,23H,12-13,15-17H2,1-4H3,(H,35,39)(H,36,38)/b10-8+. The van der Waals surface area contributed by atoms with Gasteiger partial charge in [0.25, 0.3) is 0 Å². The molecule has 0 saturated carbocycles. The van der Waals surface area contributed by atoms with Gasteiger partial charge in [-0.05, 0) is 62.1 Å². The zero-order valence-corrected chi connectivity index (χ0v) is 23.7. The molecule has 3 rings (SSSR count). The molecule has 1 aliphatic heterocycles. The largest absolute Gasteiger partial charge is 0.460 e. The molecule has 226 valence electrons. The lowest BCUT2D eigenvalue weighted by Crippen LogP contribution is -2.49. The highest BCUT2D eigenvalue weighted by atomic mass is 19.4. The molecular weight excluding hydrogens is 558 g/mol. The van der Waals surface area contributed by atoms with Crippen LogP contribution in [0.5, 0.6) is 0 Å². The van der Waals surface area contributed by atoms with E-state index >= 15 is 0 Å². The van der Waals surface area contributed by atoms with E-state index in [-0.39, 0.29) is 36.8 Å². The molecule has 0 saturated heterocycles. The van der Waals surface area contributed by atoms with Crippen molar-refractivity contribution < 1.29 is 41.5 Å². The molecule has 1 aliphatic rings. The van der Waals surface area contributed by atoms with Crippen molar-refractivity contribution in [3.05, 3.63) is 76.1 Å². The highest BCUT2D eigenvalue weighted by Crippen LogP contribution is 2.30. The number of ether oxygens (including phenoxy) is 1. The Morgan fingerprint density at radius 2 is 1.76 bits per heavy atom. The minimum Gasteiger partial charge on any atom is -0.460 e. The molecule has 2 aromatic rings. The minimum absolute atomic E-state index is 0.0129. The van der Waals surface area contributed by atoms with Gasteiger partial charge in [-0.15, -0.1) is 0 Å². The Morgan fingerprint density at radius 3 is 2.38 bits per heavy atom. The molecule has 2 N–H and O–H groups in total. The zero-order chi connectivity index (χ0) is 31.2. The number of amides is 3. The van der Waals surface area contributed by atoms with Gasteiger partial charge in [-0.25, -0.2) is 4.39 Å². The molecule has 0 radical (unpaired) electrons. The van der Waals surface area contributed by atoms with Crippen molar-refractivity contribution in [2.75, 3.05) is 13.6 Å². The molecule has 0 bridgehead atoms. The summed E-state index contributed by atoms with van der Waals surface area (Å²) < 4.78 is 57.6. The van der Waals surface area contributed by atoms with Gasteiger partial charge in [-0.1, -0.05) is 24.3 Å². The van der Waals surface area contributed by atoms with Gasteiger partial charge >= 0.3 is 12.1 Å². The number of hydrogen-bond donors (Lipinski definition) is 2. The van der Waals surface area contributed by atoms with Crippen LogP contribution in [0.15, 0.2) is 42.5 Å². The molecule has 3 amide bonds. The smallest absolute Gasteiger partial charge is 0.416 e. The Labute approximate surface area is 241 Å². The maximum Gasteiger partial charge on any atom is 0.416 e. The fourth-order valence-corrected chi connectivity index (χ4v) is 4.47. The van der Waals surface area contributed by atoms with E-state index in [2.05, 4.69) is 10.6 Å². The average molecular weight is 592 g/mol. The molecule has 42 heavy (non-hydrogen) atoms. The van der Waals surface area contributed by atoms with Crippen molar-refractivity contribution in [2.45, 2.75) is 64.4 Å². The predicted molar refractivity (Wildman–Crippen MR) is 146 cm³/mol. The summed E-state index contributed by atoms with van der Waals surface area (Å²) in [5.41, 5.74) is 0.460. The number of carbonyl (C=O) groups is 4. The second kappa shape index (κ2) is 13.2. The van der Waals surface area contributed by atoms with Crippen LogP contribution >= 0.6 is 0 Å². The van der Waals surface area contributed by atoms with Crippen molar-refractivity contribution in [1.82, 2.24) is 15.5 Å². The van der Waals surface area contributed by atoms with Crippen LogP contribution in [-0.2, 0) is 49.5 Å². The van der Waals surface area contributed by atoms with E-state index in [1.165, 1.54) is 11.9 Å². The van der Waals surface area contributed by atoms with E-state index in [0.29, 0.717) is 18.6 Å². The van der Waals surface area contributed by atoms with E-state index in [1.54, 1.807) is 26.8 Å². The van der Waals surface area contributed by atoms with Crippen LogP contribution in [0, 0.1) is 5.82 Å². The fourth-order valence-electron chi connectivity index (χ4n) is 4.47. The highest BCUT2D eigenvalue weighted by Gasteiger charge is 2.32. The summed E-state index contributed by atoms with van der Waals surface area (Å²) in [5.74, 6) is -3.02. The molecule has 1 heterocycles. The first-order valence-electron chi connectivity index (χ1n) is 13.2. The third-order valence-electron chi connectivity index (χ3n) is 6.45. The van der Waals surface area contributed by atoms with E-state index in [4.69, 9.17) is 4.74 Å². The second-order valence-corrected chi connectivity index (χ2v) is 10.9. The molecule has 1 unspecified atom stereocenters. The lowest BCUT2D eigenvalue weighted by atomic mass is 9.90. The summed E-state index contributed by atoms with van der Waals surface area (Å²) in [6.45, 7) is 5.10. The SMILES string of the molecule is CNC(=O)CC1Cc2cc(CC(=O)OC(C)(C)C)ccc2CN1C(=O)CNC(=O)/C=C/c1ccc(C(F)(F)F)cc1F. The maximum absolute atomic E-state index is 14.0. The third kappa shape index (κ3) is 9.15. The molecule has 0 fully saturated rings. The lowest BCUT2D eigenvalue weighted by Gasteiger charge is -2.37. The van der Waals surface area contributed by atoms with Crippen LogP contribution in [0.3, 0.4) is 0 Å². The monoisotopic (exact) mass is 591 g/mol. The first kappa shape index (κ1) is 32.3. The number of halogens is 4. The van der Waals surface area contributed by atoms with Crippen LogP contribution in [0.1, 0.15) is 55.0 Å². The molecule has 8 nitrogen and oxygen atoms in total. The number of nitrogens with one attached hydrogen (secondary N) is 2. The van der Waals surface area contributed by atoms with Crippen molar-refractivity contribution >= 4 is 29.8 Å². The quantitative estimate of drug-likeness (QED) is 0.275. The summed E-state index contributed by atoms with van der Waals surface area (Å²) in [6.07, 6.45) is -2.35. The van der Waals surface area contributed by atoms with Crippen molar-refractivity contribution in [1.29, 1.82) is 0 Å². The second-order valence-electron chi connectivity index (χ2n) is 10.9. The fraction of sp³-hybridized carbons (Fsp3) is 0.400. The summed E-state index contributed by atoms with van der Waals surface area (Å²) in [7, 11) is 1.48. The summed E-state index contributed by atoms with van der Waals surface area (Å²) >= 11 is 0. The number of rotatable bonds is 8. The zero-order valence-electron chi connectivity index (χ0n) is 23.7. The number of carbonyl (C=O) groups excluding carboxylic acids is 4. The molecular formula is C30H33F4N3O5. The maximum atomic E-state index is 14.0. The third-order valence-corrected chi connectivity index (χ3v) is 6.45. The molecule has 0 spiro atoms. The van der Waals surface area contributed by atoms with Gasteiger partial charge in [0.2, 0.25) is 17.7 Å². The van der Waals surface area contributed by atoms with Crippen LogP contribution < -0.4 is 10.6 Å². The van der Waals surface area contributed by atoms with Gasteiger partial charge in [0, 0.05) is 37.7 Å². The van der Waals surface area contributed by atoms with Crippen molar-refractivity contribution in [2.24, 2.45) is 0 Å². The Kier molecular flexibility index (Phi) is 10.1. The number of alkyl halides is 3. The summed E-state index contributed by atoms with van der Waals surface area (Å²) in [5, 5.41) is 4.94. The number of nitrogens with zero attached hydrogens (tertiary/aromatic N) is 1. The van der Waals surface area contributed by atoms with E-state index in [0.717, 1.165) is 34.9 Å². The van der Waals surface area contributed by atoms with E-state index in [9.17, 15) is 36.7 Å². The number of esters is 1. The first-order chi connectivity index (χ1) is 19.6. The Morgan fingerprint density at radius 1 is 1.05 bits per heavy atom. The average Bonchev–Trinajstić information content (AvgIpc) is 2.88. The van der Waals surface area contributed by atoms with Gasteiger partial charge in [0.05, 0.1) is 18.5 Å². The van der Waals surface area contributed by atoms with Gasteiger partial charge in [0.1, 0.15) is 11.4 Å². The number of fused-ring (bicyclic) bond motifs is 1. The molecule has 1 atom stereocenters. The molecule has 0 aromatic heterocycles. The Balaban J connectivity index is 1.67. The Bertz CT molecular complexity index is 1380. The molecule has 2 aromatic carbocycles. The predicted octanol–water partition coefficient (Wildman–Crippen LogP) is 3.95. The molecule has 0 aliphatic carbocycles.